The highest BCUT2D eigenvalue weighted by molar-refractivity contribution is 5.97. The Morgan fingerprint density at radius 1 is 1.15 bits per heavy atom. The molecule has 0 unspecified atom stereocenters. The number of Topliss-reactive ketones (excluding diaryl/α,β-unsaturated/α-hetero) is 1. The molecular weight excluding hydrogens is 423 g/mol. The number of halogens is 1. The fourth-order valence-corrected chi connectivity index (χ4v) is 3.73. The van der Waals surface area contributed by atoms with Crippen LogP contribution in [0.25, 0.3) is 0 Å². The highest BCUT2D eigenvalue weighted by atomic mass is 19.1. The van der Waals surface area contributed by atoms with Gasteiger partial charge in [-0.05, 0) is 45.7 Å². The van der Waals surface area contributed by atoms with E-state index in [1.54, 1.807) is 36.9 Å². The van der Waals surface area contributed by atoms with E-state index in [2.05, 4.69) is 4.98 Å². The molecule has 1 fully saturated rings. The van der Waals surface area contributed by atoms with Gasteiger partial charge in [0.2, 0.25) is 5.88 Å². The van der Waals surface area contributed by atoms with E-state index in [0.29, 0.717) is 30.1 Å². The van der Waals surface area contributed by atoms with Crippen molar-refractivity contribution in [2.75, 3.05) is 13.1 Å². The summed E-state index contributed by atoms with van der Waals surface area (Å²) in [4.78, 5) is 30.7. The fourth-order valence-electron chi connectivity index (χ4n) is 3.73. The lowest BCUT2D eigenvalue weighted by Crippen LogP contribution is -2.41. The molecule has 1 amide bonds. The lowest BCUT2D eigenvalue weighted by Gasteiger charge is -2.33. The van der Waals surface area contributed by atoms with Crippen molar-refractivity contribution in [2.45, 2.75) is 65.6 Å². The Kier molecular flexibility index (Phi) is 7.72. The summed E-state index contributed by atoms with van der Waals surface area (Å²) in [6.07, 6.45) is 1.29. The van der Waals surface area contributed by atoms with Crippen LogP contribution in [-0.4, -0.2) is 40.5 Å². The Balaban J connectivity index is 1.58. The first-order valence-corrected chi connectivity index (χ1v) is 11.4. The molecule has 1 saturated heterocycles. The van der Waals surface area contributed by atoms with Gasteiger partial charge in [-0.3, -0.25) is 4.79 Å². The third-order valence-electron chi connectivity index (χ3n) is 5.55. The molecule has 2 aromatic rings. The number of nitrogens with zero attached hydrogens (tertiary/aromatic N) is 2. The molecule has 0 spiro atoms. The van der Waals surface area contributed by atoms with Crippen molar-refractivity contribution >= 4 is 11.9 Å². The van der Waals surface area contributed by atoms with Gasteiger partial charge in [-0.2, -0.15) is 0 Å². The van der Waals surface area contributed by atoms with E-state index in [-0.39, 0.29) is 30.3 Å². The van der Waals surface area contributed by atoms with E-state index < -0.39 is 11.4 Å². The maximum absolute atomic E-state index is 14.5. The van der Waals surface area contributed by atoms with Crippen LogP contribution >= 0.6 is 0 Å². The number of benzene rings is 1. The monoisotopic (exact) mass is 456 g/mol. The Labute approximate surface area is 195 Å². The number of likely N-dealkylation sites (tertiary alicyclic amines) is 1. The molecule has 0 bridgehead atoms. The van der Waals surface area contributed by atoms with Gasteiger partial charge in [-0.1, -0.05) is 32.0 Å². The van der Waals surface area contributed by atoms with E-state index in [1.165, 1.54) is 6.07 Å². The van der Waals surface area contributed by atoms with Crippen LogP contribution in [0.4, 0.5) is 9.18 Å². The summed E-state index contributed by atoms with van der Waals surface area (Å²) in [5.41, 5.74) is 1.12. The highest BCUT2D eigenvalue weighted by Crippen LogP contribution is 2.29. The van der Waals surface area contributed by atoms with Crippen LogP contribution < -0.4 is 4.74 Å². The Bertz CT molecular complexity index is 992. The number of pyridine rings is 1. The summed E-state index contributed by atoms with van der Waals surface area (Å²) < 4.78 is 25.7. The number of carbonyl (C=O) groups is 2. The van der Waals surface area contributed by atoms with Crippen molar-refractivity contribution in [3.05, 3.63) is 59.0 Å². The molecular formula is C26H33FN2O4. The first kappa shape index (κ1) is 24.7. The van der Waals surface area contributed by atoms with Gasteiger partial charge in [-0.25, -0.2) is 14.2 Å². The number of rotatable bonds is 6. The minimum atomic E-state index is -0.509. The Morgan fingerprint density at radius 2 is 1.85 bits per heavy atom. The van der Waals surface area contributed by atoms with Crippen LogP contribution in [0.2, 0.25) is 0 Å². The molecule has 1 aliphatic heterocycles. The van der Waals surface area contributed by atoms with Gasteiger partial charge < -0.3 is 14.4 Å². The fraction of sp³-hybridized carbons (Fsp3) is 0.500. The second kappa shape index (κ2) is 10.3. The number of piperidine rings is 1. The zero-order valence-corrected chi connectivity index (χ0v) is 20.1. The first-order chi connectivity index (χ1) is 15.5. The summed E-state index contributed by atoms with van der Waals surface area (Å²) in [5.74, 6) is -0.107. The quantitative estimate of drug-likeness (QED) is 0.518. The summed E-state index contributed by atoms with van der Waals surface area (Å²) in [6, 6.07) is 10.1. The predicted molar refractivity (Wildman–Crippen MR) is 124 cm³/mol. The van der Waals surface area contributed by atoms with Gasteiger partial charge in [0, 0.05) is 47.8 Å². The average molecular weight is 457 g/mol. The summed E-state index contributed by atoms with van der Waals surface area (Å²) in [5, 5.41) is 0. The van der Waals surface area contributed by atoms with Crippen LogP contribution in [0.3, 0.4) is 0 Å². The van der Waals surface area contributed by atoms with Gasteiger partial charge in [-0.15, -0.1) is 0 Å². The second-order valence-corrected chi connectivity index (χ2v) is 9.76. The van der Waals surface area contributed by atoms with Crippen molar-refractivity contribution < 1.29 is 23.5 Å². The van der Waals surface area contributed by atoms with Gasteiger partial charge in [0.1, 0.15) is 18.0 Å². The maximum atomic E-state index is 14.5. The third-order valence-corrected chi connectivity index (χ3v) is 5.55. The van der Waals surface area contributed by atoms with Crippen LogP contribution in [0.15, 0.2) is 36.4 Å². The molecule has 0 radical (unpaired) electrons. The largest absolute Gasteiger partial charge is 0.473 e. The summed E-state index contributed by atoms with van der Waals surface area (Å²) >= 11 is 0. The molecule has 0 N–H and O–H groups in total. The number of ether oxygens (including phenoxy) is 2. The van der Waals surface area contributed by atoms with E-state index in [0.717, 1.165) is 18.5 Å². The molecule has 2 heterocycles. The van der Waals surface area contributed by atoms with E-state index in [9.17, 15) is 14.0 Å². The number of aromatic nitrogens is 1. The Hall–Kier alpha value is -2.96. The zero-order chi connectivity index (χ0) is 24.2. The van der Waals surface area contributed by atoms with Crippen molar-refractivity contribution in [1.29, 1.82) is 0 Å². The van der Waals surface area contributed by atoms with Crippen LogP contribution in [0.1, 0.15) is 75.0 Å². The van der Waals surface area contributed by atoms with Crippen LogP contribution in [0.5, 0.6) is 5.88 Å². The Morgan fingerprint density at radius 3 is 2.45 bits per heavy atom. The molecule has 6 nitrogen and oxygen atoms in total. The van der Waals surface area contributed by atoms with Gasteiger partial charge in [0.05, 0.1) is 0 Å². The number of amides is 1. The normalized spacial score (nSPS) is 14.9. The standard InChI is InChI=1S/C26H33FN2O4/c1-17(2)24(30)19-9-10-20(21(27)15-19)16-32-23-8-6-7-22(28-23)18-11-13-29(14-12-18)25(31)33-26(3,4)5/h6-10,15,17-18H,11-14,16H2,1-5H3. The van der Waals surface area contributed by atoms with E-state index >= 15 is 0 Å². The average Bonchev–Trinajstić information content (AvgIpc) is 2.77. The second-order valence-electron chi connectivity index (χ2n) is 9.76. The van der Waals surface area contributed by atoms with Crippen molar-refractivity contribution in [3.8, 4) is 5.88 Å². The summed E-state index contributed by atoms with van der Waals surface area (Å²) in [7, 11) is 0. The molecule has 0 aliphatic carbocycles. The number of hydrogen-bond donors (Lipinski definition) is 0. The molecule has 1 aromatic carbocycles. The number of carbonyl (C=O) groups excluding carboxylic acids is 2. The molecule has 7 heteroatoms. The molecule has 178 valence electrons. The molecule has 1 aliphatic rings. The highest BCUT2D eigenvalue weighted by Gasteiger charge is 2.28. The first-order valence-electron chi connectivity index (χ1n) is 11.4. The van der Waals surface area contributed by atoms with Gasteiger partial charge >= 0.3 is 6.09 Å². The van der Waals surface area contributed by atoms with Crippen molar-refractivity contribution in [2.24, 2.45) is 5.92 Å². The SMILES string of the molecule is CC(C)C(=O)c1ccc(COc2cccc(C3CCN(C(=O)OC(C)(C)C)CC3)n2)c(F)c1. The van der Waals surface area contributed by atoms with E-state index in [4.69, 9.17) is 9.47 Å². The molecule has 0 saturated carbocycles. The lowest BCUT2D eigenvalue weighted by molar-refractivity contribution is 0.0203. The molecule has 1 aromatic heterocycles. The van der Waals surface area contributed by atoms with Gasteiger partial charge in [0.15, 0.2) is 5.78 Å². The van der Waals surface area contributed by atoms with Crippen molar-refractivity contribution in [3.63, 3.8) is 0 Å². The summed E-state index contributed by atoms with van der Waals surface area (Å²) in [6.45, 7) is 10.4. The third kappa shape index (κ3) is 6.76. The zero-order valence-electron chi connectivity index (χ0n) is 20.1. The lowest BCUT2D eigenvalue weighted by atomic mass is 9.93. The molecule has 33 heavy (non-hydrogen) atoms. The van der Waals surface area contributed by atoms with E-state index in [1.807, 2.05) is 32.9 Å². The molecule has 0 atom stereocenters. The smallest absolute Gasteiger partial charge is 0.410 e. The minimum Gasteiger partial charge on any atom is -0.473 e. The molecule has 3 rings (SSSR count). The minimum absolute atomic E-state index is 0.0233. The number of hydrogen-bond acceptors (Lipinski definition) is 5. The maximum Gasteiger partial charge on any atom is 0.410 e. The topological polar surface area (TPSA) is 68.7 Å². The van der Waals surface area contributed by atoms with Crippen LogP contribution in [-0.2, 0) is 11.3 Å². The number of ketones is 1. The van der Waals surface area contributed by atoms with Gasteiger partial charge in [0.25, 0.3) is 0 Å². The van der Waals surface area contributed by atoms with Crippen molar-refractivity contribution in [1.82, 2.24) is 9.88 Å². The van der Waals surface area contributed by atoms with Crippen LogP contribution in [0, 0.1) is 11.7 Å². The predicted octanol–water partition coefficient (Wildman–Crippen LogP) is 5.75.